The van der Waals surface area contributed by atoms with Crippen molar-refractivity contribution in [1.29, 1.82) is 0 Å². The highest BCUT2D eigenvalue weighted by molar-refractivity contribution is 6.13. The molecule has 6 N–H and O–H groups in total. The summed E-state index contributed by atoms with van der Waals surface area (Å²) < 4.78 is 5.73. The van der Waals surface area contributed by atoms with Crippen molar-refractivity contribution in [3.8, 4) is 0 Å². The number of fused-ring (bicyclic) bond motifs is 3. The molecule has 3 aromatic carbocycles. The summed E-state index contributed by atoms with van der Waals surface area (Å²) in [6, 6.07) is 16.2. The Balaban J connectivity index is 1.65. The van der Waals surface area contributed by atoms with E-state index in [2.05, 4.69) is 20.9 Å². The summed E-state index contributed by atoms with van der Waals surface area (Å²) in [5.74, 6) is -1.22. The third kappa shape index (κ3) is 5.98. The summed E-state index contributed by atoms with van der Waals surface area (Å²) in [6.45, 7) is 5.26. The van der Waals surface area contributed by atoms with E-state index in [0.29, 0.717) is 38.7 Å². The second-order valence-electron chi connectivity index (χ2n) is 9.14. The molecule has 1 unspecified atom stereocenters. The maximum Gasteiger partial charge on any atom is 0.256 e. The van der Waals surface area contributed by atoms with Crippen molar-refractivity contribution in [2.45, 2.75) is 32.9 Å². The van der Waals surface area contributed by atoms with Crippen LogP contribution in [0.15, 0.2) is 65.5 Å². The van der Waals surface area contributed by atoms with Crippen molar-refractivity contribution >= 4 is 56.5 Å². The number of primary amides is 1. The number of anilines is 3. The van der Waals surface area contributed by atoms with Crippen LogP contribution in [0.2, 0.25) is 0 Å². The van der Waals surface area contributed by atoms with E-state index in [1.54, 1.807) is 60.7 Å². The number of hydrogen-bond donors (Lipinski definition) is 5. The van der Waals surface area contributed by atoms with Gasteiger partial charge in [-0.2, -0.15) is 0 Å². The standard InChI is InChI=1S/C28H29N5O5/c1-15(2)38-14-24(31-18-7-4-6-17(12-18)30-16(3)34)28(37)32-19-10-11-21-23(13-19)20-8-5-9-22(26(29)35)25(20)33-27(21)36/h4-13,15,24,31H,14H2,1-3H3,(H2,29,35)(H,30,34)(H,32,37)(H,33,36). The second-order valence-corrected chi connectivity index (χ2v) is 9.14. The van der Waals surface area contributed by atoms with Crippen LogP contribution < -0.4 is 27.2 Å². The van der Waals surface area contributed by atoms with Gasteiger partial charge in [-0.05, 0) is 61.7 Å². The van der Waals surface area contributed by atoms with E-state index >= 15 is 0 Å². The van der Waals surface area contributed by atoms with Gasteiger partial charge in [-0.3, -0.25) is 19.2 Å². The molecular weight excluding hydrogens is 486 g/mol. The summed E-state index contributed by atoms with van der Waals surface area (Å²) >= 11 is 0. The molecule has 0 bridgehead atoms. The Morgan fingerprint density at radius 1 is 0.895 bits per heavy atom. The molecule has 0 aliphatic carbocycles. The number of benzene rings is 3. The average Bonchev–Trinajstić information content (AvgIpc) is 2.86. The normalized spacial score (nSPS) is 11.9. The van der Waals surface area contributed by atoms with E-state index in [-0.39, 0.29) is 35.6 Å². The Labute approximate surface area is 218 Å². The topological polar surface area (TPSA) is 155 Å². The van der Waals surface area contributed by atoms with Gasteiger partial charge in [0.05, 0.1) is 23.8 Å². The fourth-order valence-electron chi connectivity index (χ4n) is 4.13. The Morgan fingerprint density at radius 2 is 1.61 bits per heavy atom. The number of pyridine rings is 1. The zero-order valence-electron chi connectivity index (χ0n) is 21.3. The summed E-state index contributed by atoms with van der Waals surface area (Å²) in [5, 5.41) is 10.4. The predicted molar refractivity (Wildman–Crippen MR) is 148 cm³/mol. The molecule has 3 amide bonds. The number of aromatic nitrogens is 1. The molecule has 0 aliphatic rings. The number of nitrogens with two attached hydrogens (primary N) is 1. The molecule has 38 heavy (non-hydrogen) atoms. The van der Waals surface area contributed by atoms with Gasteiger partial charge in [-0.25, -0.2) is 0 Å². The number of rotatable bonds is 9. The van der Waals surface area contributed by atoms with Gasteiger partial charge in [0, 0.05) is 34.8 Å². The summed E-state index contributed by atoms with van der Waals surface area (Å²) in [6.07, 6.45) is -0.101. The first-order chi connectivity index (χ1) is 18.1. The molecule has 4 aromatic rings. The zero-order valence-corrected chi connectivity index (χ0v) is 21.3. The quantitative estimate of drug-likeness (QED) is 0.215. The Hall–Kier alpha value is -4.70. The molecule has 10 nitrogen and oxygen atoms in total. The van der Waals surface area contributed by atoms with Crippen molar-refractivity contribution in [3.05, 3.63) is 76.6 Å². The van der Waals surface area contributed by atoms with Gasteiger partial charge in [-0.1, -0.05) is 18.2 Å². The highest BCUT2D eigenvalue weighted by atomic mass is 16.5. The Bertz CT molecular complexity index is 1590. The van der Waals surface area contributed by atoms with Gasteiger partial charge in [0.15, 0.2) is 0 Å². The number of carbonyl (C=O) groups is 3. The second kappa shape index (κ2) is 11.1. The van der Waals surface area contributed by atoms with E-state index in [0.717, 1.165) is 0 Å². The summed E-state index contributed by atoms with van der Waals surface area (Å²) in [7, 11) is 0. The molecule has 0 saturated carbocycles. The van der Waals surface area contributed by atoms with Gasteiger partial charge in [0.2, 0.25) is 11.8 Å². The fraction of sp³-hybridized carbons (Fsp3) is 0.214. The van der Waals surface area contributed by atoms with Crippen molar-refractivity contribution in [3.63, 3.8) is 0 Å². The van der Waals surface area contributed by atoms with Crippen molar-refractivity contribution in [1.82, 2.24) is 4.98 Å². The van der Waals surface area contributed by atoms with Crippen LogP contribution in [0.4, 0.5) is 17.1 Å². The molecular formula is C28H29N5O5. The number of nitrogens with one attached hydrogen (secondary N) is 4. The number of H-pyrrole nitrogens is 1. The van der Waals surface area contributed by atoms with Crippen LogP contribution in [0.1, 0.15) is 31.1 Å². The summed E-state index contributed by atoms with van der Waals surface area (Å²) in [4.78, 5) is 52.1. The van der Waals surface area contributed by atoms with Crippen LogP contribution >= 0.6 is 0 Å². The molecule has 1 aromatic heterocycles. The number of carbonyl (C=O) groups excluding carboxylic acids is 3. The molecule has 0 spiro atoms. The molecule has 4 rings (SSSR count). The van der Waals surface area contributed by atoms with Gasteiger partial charge in [-0.15, -0.1) is 0 Å². The first-order valence-corrected chi connectivity index (χ1v) is 12.1. The van der Waals surface area contributed by atoms with Crippen molar-refractivity contribution < 1.29 is 19.1 Å². The van der Waals surface area contributed by atoms with Gasteiger partial charge in [0.1, 0.15) is 6.04 Å². The minimum atomic E-state index is -0.766. The van der Waals surface area contributed by atoms with E-state index in [9.17, 15) is 19.2 Å². The lowest BCUT2D eigenvalue weighted by Gasteiger charge is -2.21. The highest BCUT2D eigenvalue weighted by Gasteiger charge is 2.21. The maximum absolute atomic E-state index is 13.3. The van der Waals surface area contributed by atoms with Crippen molar-refractivity contribution in [2.75, 3.05) is 22.6 Å². The average molecular weight is 516 g/mol. The molecule has 10 heteroatoms. The third-order valence-electron chi connectivity index (χ3n) is 5.83. The van der Waals surface area contributed by atoms with E-state index in [1.165, 1.54) is 6.92 Å². The predicted octanol–water partition coefficient (Wildman–Crippen LogP) is 3.58. The number of ether oxygens (including phenoxy) is 1. The number of amides is 3. The zero-order chi connectivity index (χ0) is 27.4. The van der Waals surface area contributed by atoms with Gasteiger partial charge >= 0.3 is 0 Å². The lowest BCUT2D eigenvalue weighted by Crippen LogP contribution is -2.39. The van der Waals surface area contributed by atoms with Gasteiger partial charge < -0.3 is 31.4 Å². The van der Waals surface area contributed by atoms with Crippen molar-refractivity contribution in [2.24, 2.45) is 5.73 Å². The number of para-hydroxylation sites is 1. The molecule has 0 fully saturated rings. The minimum absolute atomic E-state index is 0.0893. The lowest BCUT2D eigenvalue weighted by atomic mass is 10.0. The molecule has 196 valence electrons. The Morgan fingerprint density at radius 3 is 2.32 bits per heavy atom. The monoisotopic (exact) mass is 515 g/mol. The highest BCUT2D eigenvalue weighted by Crippen LogP contribution is 2.26. The molecule has 1 atom stereocenters. The van der Waals surface area contributed by atoms with Gasteiger partial charge in [0.25, 0.3) is 11.5 Å². The molecule has 1 heterocycles. The smallest absolute Gasteiger partial charge is 0.256 e. The summed E-state index contributed by atoms with van der Waals surface area (Å²) in [5.41, 5.74) is 7.33. The fourth-order valence-corrected chi connectivity index (χ4v) is 4.13. The molecule has 0 radical (unpaired) electrons. The third-order valence-corrected chi connectivity index (χ3v) is 5.83. The first kappa shape index (κ1) is 26.4. The van der Waals surface area contributed by atoms with E-state index in [1.807, 2.05) is 13.8 Å². The number of aromatic amines is 1. The van der Waals surface area contributed by atoms with Crippen LogP contribution in [0, 0.1) is 0 Å². The molecule has 0 aliphatic heterocycles. The van der Waals surface area contributed by atoms with Crippen LogP contribution in [0.25, 0.3) is 21.7 Å². The first-order valence-electron chi connectivity index (χ1n) is 12.1. The van der Waals surface area contributed by atoms with Crippen LogP contribution in [0.3, 0.4) is 0 Å². The number of hydrogen-bond acceptors (Lipinski definition) is 6. The van der Waals surface area contributed by atoms with E-state index in [4.69, 9.17) is 10.5 Å². The molecule has 0 saturated heterocycles. The SMILES string of the molecule is CC(=O)Nc1cccc(NC(COC(C)C)C(=O)Nc2ccc3c(=O)[nH]c4c(C(N)=O)cccc4c3c2)c1. The van der Waals surface area contributed by atoms with E-state index < -0.39 is 11.9 Å². The minimum Gasteiger partial charge on any atom is -0.376 e. The van der Waals surface area contributed by atoms with Crippen LogP contribution in [-0.2, 0) is 14.3 Å². The van der Waals surface area contributed by atoms with Crippen LogP contribution in [-0.4, -0.2) is 41.5 Å². The van der Waals surface area contributed by atoms with Crippen LogP contribution in [0.5, 0.6) is 0 Å². The maximum atomic E-state index is 13.3. The largest absolute Gasteiger partial charge is 0.376 e. The Kier molecular flexibility index (Phi) is 7.73. The lowest BCUT2D eigenvalue weighted by molar-refractivity contribution is -0.118.